The van der Waals surface area contributed by atoms with Gasteiger partial charge in [-0.2, -0.15) is 0 Å². The van der Waals surface area contributed by atoms with Crippen molar-refractivity contribution < 1.29 is 0 Å². The van der Waals surface area contributed by atoms with Crippen LogP contribution in [-0.2, 0) is 0 Å². The van der Waals surface area contributed by atoms with Crippen molar-refractivity contribution in [2.75, 3.05) is 26.2 Å². The lowest BCUT2D eigenvalue weighted by atomic mass is 10.0. The Bertz CT molecular complexity index is 334. The standard InChI is InChI=1S/C13H19IN2/c1-2-13(16-9-7-15-8-10-16)11-5-3-4-6-12(11)14/h3-6,13,15H,2,7-10H2,1H3/t13-/m0/s1. The topological polar surface area (TPSA) is 15.3 Å². The first-order valence-corrected chi connectivity index (χ1v) is 7.10. The highest BCUT2D eigenvalue weighted by Gasteiger charge is 2.21. The van der Waals surface area contributed by atoms with E-state index < -0.39 is 0 Å². The third kappa shape index (κ3) is 2.76. The summed E-state index contributed by atoms with van der Waals surface area (Å²) in [6.07, 6.45) is 1.19. The zero-order chi connectivity index (χ0) is 11.4. The average Bonchev–Trinajstić information content (AvgIpc) is 2.34. The molecule has 1 aliphatic heterocycles. The smallest absolute Gasteiger partial charge is 0.0357 e. The molecule has 1 aromatic carbocycles. The van der Waals surface area contributed by atoms with Gasteiger partial charge in [-0.1, -0.05) is 25.1 Å². The number of rotatable bonds is 3. The SMILES string of the molecule is CC[C@@H](c1ccccc1I)N1CCNCC1. The van der Waals surface area contributed by atoms with Crippen LogP contribution in [0.3, 0.4) is 0 Å². The van der Waals surface area contributed by atoms with Crippen LogP contribution < -0.4 is 5.32 Å². The lowest BCUT2D eigenvalue weighted by molar-refractivity contribution is 0.169. The molecule has 0 aliphatic carbocycles. The Balaban J connectivity index is 2.18. The molecule has 0 unspecified atom stereocenters. The summed E-state index contributed by atoms with van der Waals surface area (Å²) in [7, 11) is 0. The van der Waals surface area contributed by atoms with Gasteiger partial charge in [-0.3, -0.25) is 4.90 Å². The average molecular weight is 330 g/mol. The molecule has 0 radical (unpaired) electrons. The maximum atomic E-state index is 3.42. The molecular formula is C13H19IN2. The summed E-state index contributed by atoms with van der Waals surface area (Å²) < 4.78 is 1.39. The summed E-state index contributed by atoms with van der Waals surface area (Å²) in [4.78, 5) is 2.61. The van der Waals surface area contributed by atoms with E-state index in [0.717, 1.165) is 13.1 Å². The molecule has 0 bridgehead atoms. The van der Waals surface area contributed by atoms with Crippen molar-refractivity contribution in [3.63, 3.8) is 0 Å². The monoisotopic (exact) mass is 330 g/mol. The molecule has 1 N–H and O–H groups in total. The Morgan fingerprint density at radius 1 is 1.31 bits per heavy atom. The Morgan fingerprint density at radius 2 is 2.00 bits per heavy atom. The van der Waals surface area contributed by atoms with Crippen molar-refractivity contribution in [3.8, 4) is 0 Å². The Morgan fingerprint density at radius 3 is 2.62 bits per heavy atom. The van der Waals surface area contributed by atoms with E-state index in [2.05, 4.69) is 64.0 Å². The lowest BCUT2D eigenvalue weighted by Crippen LogP contribution is -2.45. The van der Waals surface area contributed by atoms with Gasteiger partial charge in [0, 0.05) is 35.8 Å². The number of hydrogen-bond acceptors (Lipinski definition) is 2. The maximum absolute atomic E-state index is 3.42. The summed E-state index contributed by atoms with van der Waals surface area (Å²) >= 11 is 2.45. The maximum Gasteiger partial charge on any atom is 0.0357 e. The molecule has 2 nitrogen and oxygen atoms in total. The minimum atomic E-state index is 0.593. The summed E-state index contributed by atoms with van der Waals surface area (Å²) in [5, 5.41) is 3.42. The Hall–Kier alpha value is -0.130. The Kier molecular flexibility index (Phi) is 4.61. The van der Waals surface area contributed by atoms with Gasteiger partial charge in [0.05, 0.1) is 0 Å². The van der Waals surface area contributed by atoms with E-state index in [4.69, 9.17) is 0 Å². The predicted octanol–water partition coefficient (Wildman–Crippen LogP) is 2.65. The predicted molar refractivity (Wildman–Crippen MR) is 76.6 cm³/mol. The van der Waals surface area contributed by atoms with Crippen LogP contribution in [0.25, 0.3) is 0 Å². The minimum Gasteiger partial charge on any atom is -0.314 e. The van der Waals surface area contributed by atoms with Crippen LogP contribution in [-0.4, -0.2) is 31.1 Å². The van der Waals surface area contributed by atoms with Crippen LogP contribution in [0.2, 0.25) is 0 Å². The molecule has 0 spiro atoms. The molecule has 0 aromatic heterocycles. The molecule has 1 aliphatic rings. The van der Waals surface area contributed by atoms with Gasteiger partial charge in [-0.05, 0) is 40.6 Å². The van der Waals surface area contributed by atoms with Crippen molar-refractivity contribution in [1.29, 1.82) is 0 Å². The van der Waals surface area contributed by atoms with Gasteiger partial charge in [0.15, 0.2) is 0 Å². The third-order valence-corrected chi connectivity index (χ3v) is 4.23. The summed E-state index contributed by atoms with van der Waals surface area (Å²) in [6.45, 7) is 6.88. The lowest BCUT2D eigenvalue weighted by Gasteiger charge is -2.35. The fourth-order valence-electron chi connectivity index (χ4n) is 2.41. The second kappa shape index (κ2) is 5.98. The van der Waals surface area contributed by atoms with E-state index in [0.29, 0.717) is 6.04 Å². The molecule has 1 fully saturated rings. The van der Waals surface area contributed by atoms with E-state index >= 15 is 0 Å². The van der Waals surface area contributed by atoms with Gasteiger partial charge in [-0.15, -0.1) is 0 Å². The molecule has 0 amide bonds. The number of halogens is 1. The molecule has 0 saturated carbocycles. The Labute approximate surface area is 112 Å². The molecule has 88 valence electrons. The fraction of sp³-hybridized carbons (Fsp3) is 0.538. The largest absolute Gasteiger partial charge is 0.314 e. The first-order chi connectivity index (χ1) is 7.83. The molecule has 1 aromatic rings. The van der Waals surface area contributed by atoms with Crippen molar-refractivity contribution in [1.82, 2.24) is 10.2 Å². The normalized spacial score (nSPS) is 19.6. The van der Waals surface area contributed by atoms with Gasteiger partial charge in [0.1, 0.15) is 0 Å². The van der Waals surface area contributed by atoms with Gasteiger partial charge >= 0.3 is 0 Å². The van der Waals surface area contributed by atoms with Crippen LogP contribution in [0, 0.1) is 3.57 Å². The van der Waals surface area contributed by atoms with Crippen molar-refractivity contribution >= 4 is 22.6 Å². The van der Waals surface area contributed by atoms with E-state index in [1.54, 1.807) is 0 Å². The highest BCUT2D eigenvalue weighted by atomic mass is 127. The number of nitrogens with zero attached hydrogens (tertiary/aromatic N) is 1. The second-order valence-electron chi connectivity index (χ2n) is 4.23. The quantitative estimate of drug-likeness (QED) is 0.858. The van der Waals surface area contributed by atoms with E-state index in [-0.39, 0.29) is 0 Å². The molecule has 2 rings (SSSR count). The van der Waals surface area contributed by atoms with Gasteiger partial charge in [0.2, 0.25) is 0 Å². The summed E-state index contributed by atoms with van der Waals surface area (Å²) in [6, 6.07) is 9.35. The molecule has 3 heteroatoms. The number of hydrogen-bond donors (Lipinski definition) is 1. The summed E-state index contributed by atoms with van der Waals surface area (Å²) in [5.41, 5.74) is 1.49. The first kappa shape index (κ1) is 12.3. The van der Waals surface area contributed by atoms with Crippen LogP contribution in [0.4, 0.5) is 0 Å². The second-order valence-corrected chi connectivity index (χ2v) is 5.39. The van der Waals surface area contributed by atoms with Crippen LogP contribution in [0.15, 0.2) is 24.3 Å². The van der Waals surface area contributed by atoms with Gasteiger partial charge in [0.25, 0.3) is 0 Å². The van der Waals surface area contributed by atoms with Crippen LogP contribution >= 0.6 is 22.6 Å². The molecule has 1 heterocycles. The van der Waals surface area contributed by atoms with E-state index in [9.17, 15) is 0 Å². The minimum absolute atomic E-state index is 0.593. The summed E-state index contributed by atoms with van der Waals surface area (Å²) in [5.74, 6) is 0. The number of piperazine rings is 1. The zero-order valence-electron chi connectivity index (χ0n) is 9.75. The molecule has 16 heavy (non-hydrogen) atoms. The molecule has 1 saturated heterocycles. The van der Waals surface area contributed by atoms with Crippen LogP contribution in [0.5, 0.6) is 0 Å². The van der Waals surface area contributed by atoms with Gasteiger partial charge in [-0.25, -0.2) is 0 Å². The molecular weight excluding hydrogens is 311 g/mol. The van der Waals surface area contributed by atoms with Crippen molar-refractivity contribution in [2.45, 2.75) is 19.4 Å². The van der Waals surface area contributed by atoms with Crippen molar-refractivity contribution in [3.05, 3.63) is 33.4 Å². The van der Waals surface area contributed by atoms with E-state index in [1.165, 1.54) is 28.6 Å². The van der Waals surface area contributed by atoms with E-state index in [1.807, 2.05) is 0 Å². The van der Waals surface area contributed by atoms with Gasteiger partial charge < -0.3 is 5.32 Å². The van der Waals surface area contributed by atoms with Crippen molar-refractivity contribution in [2.24, 2.45) is 0 Å². The number of benzene rings is 1. The zero-order valence-corrected chi connectivity index (χ0v) is 11.9. The highest BCUT2D eigenvalue weighted by molar-refractivity contribution is 14.1. The number of nitrogens with one attached hydrogen (secondary N) is 1. The first-order valence-electron chi connectivity index (χ1n) is 6.02. The third-order valence-electron chi connectivity index (χ3n) is 3.24. The molecule has 1 atom stereocenters. The highest BCUT2D eigenvalue weighted by Crippen LogP contribution is 2.28. The van der Waals surface area contributed by atoms with Crippen LogP contribution in [0.1, 0.15) is 24.9 Å². The fourth-order valence-corrected chi connectivity index (χ4v) is 3.16.